The van der Waals surface area contributed by atoms with Gasteiger partial charge in [0.25, 0.3) is 0 Å². The molecule has 2 rings (SSSR count). The summed E-state index contributed by atoms with van der Waals surface area (Å²) in [5.41, 5.74) is 1.000. The Balaban J connectivity index is 1.98. The van der Waals surface area contributed by atoms with Gasteiger partial charge < -0.3 is 15.0 Å². The highest BCUT2D eigenvalue weighted by Crippen LogP contribution is 2.23. The van der Waals surface area contributed by atoms with Gasteiger partial charge in [-0.15, -0.1) is 0 Å². The molecular formula is C12H19N3O. The Kier molecular flexibility index (Phi) is 3.62. The number of ether oxygens (including phenoxy) is 1. The lowest BCUT2D eigenvalue weighted by Gasteiger charge is -2.30. The van der Waals surface area contributed by atoms with E-state index in [0.717, 1.165) is 18.8 Å². The Morgan fingerprint density at radius 2 is 2.19 bits per heavy atom. The van der Waals surface area contributed by atoms with Gasteiger partial charge in [0.15, 0.2) is 0 Å². The fraction of sp³-hybridized carbons (Fsp3) is 0.583. The molecule has 88 valence electrons. The minimum Gasteiger partial charge on any atom is -0.480 e. The molecule has 4 nitrogen and oxygen atoms in total. The number of methoxy groups -OCH3 is 1. The van der Waals surface area contributed by atoms with Gasteiger partial charge in [0, 0.05) is 12.2 Å². The van der Waals surface area contributed by atoms with Crippen molar-refractivity contribution in [2.24, 2.45) is 0 Å². The van der Waals surface area contributed by atoms with E-state index in [0.29, 0.717) is 11.9 Å². The summed E-state index contributed by atoms with van der Waals surface area (Å²) < 4.78 is 5.22. The maximum absolute atomic E-state index is 5.22. The summed E-state index contributed by atoms with van der Waals surface area (Å²) in [5.74, 6) is 0.682. The van der Waals surface area contributed by atoms with E-state index < -0.39 is 0 Å². The molecule has 4 heteroatoms. The molecule has 16 heavy (non-hydrogen) atoms. The van der Waals surface area contributed by atoms with E-state index in [-0.39, 0.29) is 0 Å². The van der Waals surface area contributed by atoms with Crippen LogP contribution in [-0.4, -0.2) is 43.2 Å². The van der Waals surface area contributed by atoms with Gasteiger partial charge in [0.05, 0.1) is 12.8 Å². The highest BCUT2D eigenvalue weighted by Gasteiger charge is 2.17. The van der Waals surface area contributed by atoms with Crippen molar-refractivity contribution in [2.45, 2.75) is 18.9 Å². The van der Waals surface area contributed by atoms with E-state index in [1.807, 2.05) is 12.1 Å². The van der Waals surface area contributed by atoms with Gasteiger partial charge in [-0.3, -0.25) is 0 Å². The zero-order chi connectivity index (χ0) is 11.4. The first-order chi connectivity index (χ1) is 7.79. The number of pyridine rings is 1. The first-order valence-electron chi connectivity index (χ1n) is 5.73. The lowest BCUT2D eigenvalue weighted by atomic mass is 10.1. The van der Waals surface area contributed by atoms with E-state index in [9.17, 15) is 0 Å². The number of anilines is 1. The van der Waals surface area contributed by atoms with E-state index >= 15 is 0 Å². The molecular weight excluding hydrogens is 202 g/mol. The third-order valence-electron chi connectivity index (χ3n) is 3.04. The summed E-state index contributed by atoms with van der Waals surface area (Å²) in [6.45, 7) is 2.31. The number of nitrogens with zero attached hydrogens (tertiary/aromatic N) is 2. The standard InChI is InChI=1S/C12H19N3O/c1-15-8-5-10(6-9-15)14-11-4-3-7-13-12(11)16-2/h3-4,7,10,14H,5-6,8-9H2,1-2H3. The van der Waals surface area contributed by atoms with Crippen LogP contribution in [0.1, 0.15) is 12.8 Å². The number of hydrogen-bond donors (Lipinski definition) is 1. The fourth-order valence-electron chi connectivity index (χ4n) is 2.04. The molecule has 0 bridgehead atoms. The summed E-state index contributed by atoms with van der Waals surface area (Å²) in [6, 6.07) is 4.48. The molecule has 1 aliphatic rings. The van der Waals surface area contributed by atoms with Crippen LogP contribution in [0.25, 0.3) is 0 Å². The van der Waals surface area contributed by atoms with Crippen molar-refractivity contribution >= 4 is 5.69 Å². The Bertz CT molecular complexity index is 335. The Morgan fingerprint density at radius 3 is 2.88 bits per heavy atom. The normalized spacial score (nSPS) is 18.4. The Morgan fingerprint density at radius 1 is 1.44 bits per heavy atom. The third-order valence-corrected chi connectivity index (χ3v) is 3.04. The van der Waals surface area contributed by atoms with Crippen molar-refractivity contribution in [3.63, 3.8) is 0 Å². The average Bonchev–Trinajstić information content (AvgIpc) is 2.33. The smallest absolute Gasteiger partial charge is 0.237 e. The van der Waals surface area contributed by atoms with Crippen LogP contribution in [0, 0.1) is 0 Å². The van der Waals surface area contributed by atoms with Crippen LogP contribution in [0.15, 0.2) is 18.3 Å². The van der Waals surface area contributed by atoms with Crippen LogP contribution in [0.5, 0.6) is 5.88 Å². The molecule has 0 amide bonds. The first-order valence-corrected chi connectivity index (χ1v) is 5.73. The van der Waals surface area contributed by atoms with Crippen molar-refractivity contribution in [3.05, 3.63) is 18.3 Å². The minimum absolute atomic E-state index is 0.536. The van der Waals surface area contributed by atoms with Gasteiger partial charge in [0.1, 0.15) is 0 Å². The molecule has 1 aromatic rings. The van der Waals surface area contributed by atoms with E-state index in [1.165, 1.54) is 12.8 Å². The predicted molar refractivity (Wildman–Crippen MR) is 64.9 cm³/mol. The quantitative estimate of drug-likeness (QED) is 0.841. The molecule has 0 unspecified atom stereocenters. The maximum Gasteiger partial charge on any atom is 0.237 e. The van der Waals surface area contributed by atoms with E-state index in [2.05, 4.69) is 22.2 Å². The number of nitrogens with one attached hydrogen (secondary N) is 1. The zero-order valence-electron chi connectivity index (χ0n) is 9.94. The van der Waals surface area contributed by atoms with Crippen LogP contribution in [0.3, 0.4) is 0 Å². The topological polar surface area (TPSA) is 37.4 Å². The summed E-state index contributed by atoms with van der Waals surface area (Å²) in [4.78, 5) is 6.54. The van der Waals surface area contributed by atoms with Gasteiger partial charge in [-0.05, 0) is 45.1 Å². The monoisotopic (exact) mass is 221 g/mol. The van der Waals surface area contributed by atoms with Crippen LogP contribution in [0.4, 0.5) is 5.69 Å². The van der Waals surface area contributed by atoms with Crippen molar-refractivity contribution < 1.29 is 4.74 Å². The Hall–Kier alpha value is -1.29. The van der Waals surface area contributed by atoms with E-state index in [4.69, 9.17) is 4.74 Å². The molecule has 1 aromatic heterocycles. The highest BCUT2D eigenvalue weighted by atomic mass is 16.5. The molecule has 0 atom stereocenters. The largest absolute Gasteiger partial charge is 0.480 e. The molecule has 1 N–H and O–H groups in total. The second-order valence-corrected chi connectivity index (χ2v) is 4.28. The first kappa shape index (κ1) is 11.2. The zero-order valence-corrected chi connectivity index (χ0v) is 9.94. The molecule has 0 radical (unpaired) electrons. The van der Waals surface area contributed by atoms with Crippen molar-refractivity contribution in [1.82, 2.24) is 9.88 Å². The third kappa shape index (κ3) is 2.64. The van der Waals surface area contributed by atoms with Gasteiger partial charge in [-0.1, -0.05) is 0 Å². The number of piperidine rings is 1. The fourth-order valence-corrected chi connectivity index (χ4v) is 2.04. The number of hydrogen-bond acceptors (Lipinski definition) is 4. The molecule has 1 saturated heterocycles. The molecule has 0 aromatic carbocycles. The van der Waals surface area contributed by atoms with Crippen LogP contribution in [0.2, 0.25) is 0 Å². The highest BCUT2D eigenvalue weighted by molar-refractivity contribution is 5.52. The summed E-state index contributed by atoms with van der Waals surface area (Å²) >= 11 is 0. The minimum atomic E-state index is 0.536. The molecule has 1 fully saturated rings. The van der Waals surface area contributed by atoms with Crippen molar-refractivity contribution in [2.75, 3.05) is 32.6 Å². The molecule has 2 heterocycles. The molecule has 0 aliphatic carbocycles. The predicted octanol–water partition coefficient (Wildman–Crippen LogP) is 1.60. The average molecular weight is 221 g/mol. The van der Waals surface area contributed by atoms with Gasteiger partial charge >= 0.3 is 0 Å². The summed E-state index contributed by atoms with van der Waals surface area (Å²) in [5, 5.41) is 3.51. The number of likely N-dealkylation sites (tertiary alicyclic amines) is 1. The van der Waals surface area contributed by atoms with Crippen LogP contribution >= 0.6 is 0 Å². The molecule has 0 spiro atoms. The second kappa shape index (κ2) is 5.16. The van der Waals surface area contributed by atoms with Gasteiger partial charge in [0.2, 0.25) is 5.88 Å². The van der Waals surface area contributed by atoms with Gasteiger partial charge in [-0.25, -0.2) is 4.98 Å². The van der Waals surface area contributed by atoms with Crippen LogP contribution < -0.4 is 10.1 Å². The SMILES string of the molecule is COc1ncccc1NC1CCN(C)CC1. The lowest BCUT2D eigenvalue weighted by Crippen LogP contribution is -2.36. The van der Waals surface area contributed by atoms with Crippen LogP contribution in [-0.2, 0) is 0 Å². The van der Waals surface area contributed by atoms with E-state index in [1.54, 1.807) is 13.3 Å². The Labute approximate surface area is 96.6 Å². The molecule has 0 saturated carbocycles. The second-order valence-electron chi connectivity index (χ2n) is 4.28. The molecule has 1 aliphatic heterocycles. The maximum atomic E-state index is 5.22. The summed E-state index contributed by atoms with van der Waals surface area (Å²) in [7, 11) is 3.82. The van der Waals surface area contributed by atoms with Crippen molar-refractivity contribution in [1.29, 1.82) is 0 Å². The lowest BCUT2D eigenvalue weighted by molar-refractivity contribution is 0.263. The summed E-state index contributed by atoms with van der Waals surface area (Å²) in [6.07, 6.45) is 4.10. The number of aromatic nitrogens is 1. The van der Waals surface area contributed by atoms with Gasteiger partial charge in [-0.2, -0.15) is 0 Å². The number of rotatable bonds is 3. The van der Waals surface area contributed by atoms with Crippen molar-refractivity contribution in [3.8, 4) is 5.88 Å².